The summed E-state index contributed by atoms with van der Waals surface area (Å²) in [5.74, 6) is 0.861. The summed E-state index contributed by atoms with van der Waals surface area (Å²) < 4.78 is 5.96. The van der Waals surface area contributed by atoms with Gasteiger partial charge in [-0.2, -0.15) is 0 Å². The van der Waals surface area contributed by atoms with Crippen LogP contribution in [0.5, 0.6) is 5.75 Å². The minimum absolute atomic E-state index is 0.512. The van der Waals surface area contributed by atoms with Crippen molar-refractivity contribution in [1.29, 1.82) is 0 Å². The van der Waals surface area contributed by atoms with Gasteiger partial charge in [-0.25, -0.2) is 4.98 Å². The molecular weight excluding hydrogens is 392 g/mol. The molecule has 2 N–H and O–H groups in total. The average molecular weight is 419 g/mol. The molecule has 5 heteroatoms. The van der Waals surface area contributed by atoms with E-state index in [-0.39, 0.29) is 0 Å². The van der Waals surface area contributed by atoms with Crippen molar-refractivity contribution >= 4 is 23.7 Å². The second kappa shape index (κ2) is 10.6. The summed E-state index contributed by atoms with van der Waals surface area (Å²) in [4.78, 5) is 17.2. The minimum atomic E-state index is -0.512. The highest BCUT2D eigenvalue weighted by molar-refractivity contribution is 7.98. The molecule has 0 spiro atoms. The van der Waals surface area contributed by atoms with Gasteiger partial charge in [-0.1, -0.05) is 48.5 Å². The van der Waals surface area contributed by atoms with Gasteiger partial charge in [-0.15, -0.1) is 11.8 Å². The van der Waals surface area contributed by atoms with Crippen molar-refractivity contribution < 1.29 is 9.53 Å². The molecule has 4 nitrogen and oxygen atoms in total. The maximum atomic E-state index is 11.2. The Labute approximate surface area is 182 Å². The maximum Gasteiger partial charge on any atom is 0.241 e. The molecule has 0 aliphatic heterocycles. The number of hydrogen-bond donors (Lipinski definition) is 1. The fraction of sp³-hybridized carbons (Fsp3) is 0.200. The number of aryl methyl sites for hydroxylation is 2. The van der Waals surface area contributed by atoms with Gasteiger partial charge in [0.25, 0.3) is 0 Å². The second-order valence-electron chi connectivity index (χ2n) is 7.02. The van der Waals surface area contributed by atoms with Gasteiger partial charge in [-0.05, 0) is 48.7 Å². The molecule has 0 radical (unpaired) electrons. The molecule has 0 saturated heterocycles. The highest BCUT2D eigenvalue weighted by Crippen LogP contribution is 2.29. The molecule has 2 aromatic carbocycles. The van der Waals surface area contributed by atoms with Crippen molar-refractivity contribution in [3.8, 4) is 5.75 Å². The highest BCUT2D eigenvalue weighted by Gasteiger charge is 2.08. The quantitative estimate of drug-likeness (QED) is 0.387. The van der Waals surface area contributed by atoms with Gasteiger partial charge >= 0.3 is 0 Å². The molecule has 0 bridgehead atoms. The minimum Gasteiger partial charge on any atom is -0.491 e. The number of thioether (sulfide) groups is 1. The van der Waals surface area contributed by atoms with E-state index in [1.807, 2.05) is 30.3 Å². The van der Waals surface area contributed by atoms with E-state index in [2.05, 4.69) is 44.2 Å². The molecule has 3 rings (SSSR count). The molecule has 0 aliphatic carbocycles. The first-order chi connectivity index (χ1) is 14.5. The summed E-state index contributed by atoms with van der Waals surface area (Å²) >= 11 is 1.76. The van der Waals surface area contributed by atoms with E-state index in [0.29, 0.717) is 18.1 Å². The van der Waals surface area contributed by atoms with E-state index >= 15 is 0 Å². The first-order valence-electron chi connectivity index (χ1n) is 9.86. The topological polar surface area (TPSA) is 65.2 Å². The van der Waals surface area contributed by atoms with Crippen molar-refractivity contribution in [2.24, 2.45) is 5.73 Å². The number of amides is 1. The number of carbonyl (C=O) groups excluding carboxylic acids is 1. The number of rotatable bonds is 9. The molecule has 1 aromatic heterocycles. The Morgan fingerprint density at radius 1 is 1.03 bits per heavy atom. The second-order valence-corrected chi connectivity index (χ2v) is 8.00. The van der Waals surface area contributed by atoms with Crippen LogP contribution >= 0.6 is 11.8 Å². The number of nitrogens with two attached hydrogens (primary N) is 1. The van der Waals surface area contributed by atoms with E-state index in [9.17, 15) is 4.79 Å². The Hall–Kier alpha value is -3.05. The van der Waals surface area contributed by atoms with Gasteiger partial charge in [0.1, 0.15) is 11.4 Å². The van der Waals surface area contributed by atoms with Crippen molar-refractivity contribution in [2.45, 2.75) is 30.9 Å². The van der Waals surface area contributed by atoms with Crippen LogP contribution in [0, 0.1) is 13.8 Å². The summed E-state index contributed by atoms with van der Waals surface area (Å²) in [5.41, 5.74) is 10.5. The SMILES string of the molecule is Cc1cccc(C)c1SCc1ccc(OCCc2ccccc2)c(C=CC(N)=O)n1. The molecule has 3 aromatic rings. The average Bonchev–Trinajstić information content (AvgIpc) is 2.73. The zero-order valence-corrected chi connectivity index (χ0v) is 18.1. The summed E-state index contributed by atoms with van der Waals surface area (Å²) in [7, 11) is 0. The summed E-state index contributed by atoms with van der Waals surface area (Å²) in [6.45, 7) is 4.76. The van der Waals surface area contributed by atoms with E-state index in [4.69, 9.17) is 15.5 Å². The Balaban J connectivity index is 1.72. The van der Waals surface area contributed by atoms with E-state index in [1.54, 1.807) is 17.8 Å². The molecule has 30 heavy (non-hydrogen) atoms. The van der Waals surface area contributed by atoms with E-state index in [1.165, 1.54) is 27.7 Å². The normalized spacial score (nSPS) is 11.0. The number of benzene rings is 2. The molecule has 154 valence electrons. The third-order valence-corrected chi connectivity index (χ3v) is 5.99. The fourth-order valence-electron chi connectivity index (χ4n) is 3.08. The third-order valence-electron chi connectivity index (χ3n) is 4.61. The van der Waals surface area contributed by atoms with Gasteiger partial charge in [0.2, 0.25) is 5.91 Å². The lowest BCUT2D eigenvalue weighted by Crippen LogP contribution is -2.07. The van der Waals surface area contributed by atoms with Crippen LogP contribution in [0.25, 0.3) is 6.08 Å². The lowest BCUT2D eigenvalue weighted by molar-refractivity contribution is -0.113. The lowest BCUT2D eigenvalue weighted by Gasteiger charge is -2.12. The predicted molar refractivity (Wildman–Crippen MR) is 124 cm³/mol. The van der Waals surface area contributed by atoms with Gasteiger partial charge in [0.05, 0.1) is 12.3 Å². The van der Waals surface area contributed by atoms with Crippen LogP contribution in [-0.2, 0) is 17.0 Å². The monoisotopic (exact) mass is 418 g/mol. The van der Waals surface area contributed by atoms with Crippen molar-refractivity contribution in [1.82, 2.24) is 4.98 Å². The molecule has 0 aliphatic rings. The van der Waals surface area contributed by atoms with Crippen LogP contribution in [0.2, 0.25) is 0 Å². The van der Waals surface area contributed by atoms with Crippen LogP contribution in [0.15, 0.2) is 71.6 Å². The van der Waals surface area contributed by atoms with Gasteiger partial charge in [0, 0.05) is 23.1 Å². The molecular formula is C25H26N2O2S. The number of aromatic nitrogens is 1. The van der Waals surface area contributed by atoms with Crippen molar-refractivity contribution in [2.75, 3.05) is 6.61 Å². The molecule has 1 heterocycles. The number of primary amides is 1. The van der Waals surface area contributed by atoms with Gasteiger partial charge in [0.15, 0.2) is 0 Å². The number of carbonyl (C=O) groups is 1. The lowest BCUT2D eigenvalue weighted by atomic mass is 10.2. The van der Waals surface area contributed by atoms with Crippen LogP contribution in [-0.4, -0.2) is 17.5 Å². The summed E-state index contributed by atoms with van der Waals surface area (Å²) in [6.07, 6.45) is 3.73. The van der Waals surface area contributed by atoms with Crippen LogP contribution in [0.1, 0.15) is 28.1 Å². The largest absolute Gasteiger partial charge is 0.491 e. The molecule has 1 amide bonds. The standard InChI is InChI=1S/C25H26N2O2S/c1-18-7-6-8-19(2)25(18)30-17-21-11-13-23(22(27-21)12-14-24(26)28)29-16-15-20-9-4-3-5-10-20/h3-14H,15-17H2,1-2H3,(H2,26,28). The van der Waals surface area contributed by atoms with Gasteiger partial charge in [-0.3, -0.25) is 4.79 Å². The van der Waals surface area contributed by atoms with E-state index in [0.717, 1.165) is 17.9 Å². The smallest absolute Gasteiger partial charge is 0.241 e. The Morgan fingerprint density at radius 3 is 2.47 bits per heavy atom. The molecule has 0 unspecified atom stereocenters. The number of ether oxygens (including phenoxy) is 1. The first kappa shape index (κ1) is 21.7. The number of pyridine rings is 1. The van der Waals surface area contributed by atoms with Crippen molar-refractivity contribution in [3.63, 3.8) is 0 Å². The summed E-state index contributed by atoms with van der Waals surface area (Å²) in [6, 6.07) is 20.4. The van der Waals surface area contributed by atoms with Crippen molar-refractivity contribution in [3.05, 3.63) is 94.8 Å². The maximum absolute atomic E-state index is 11.2. The predicted octanol–water partition coefficient (Wildman–Crippen LogP) is 5.11. The zero-order chi connectivity index (χ0) is 21.3. The van der Waals surface area contributed by atoms with Crippen LogP contribution < -0.4 is 10.5 Å². The zero-order valence-electron chi connectivity index (χ0n) is 17.3. The Bertz CT molecular complexity index is 1010. The fourth-order valence-corrected chi connectivity index (χ4v) is 4.13. The first-order valence-corrected chi connectivity index (χ1v) is 10.8. The Kier molecular flexibility index (Phi) is 7.69. The molecule has 0 atom stereocenters. The number of nitrogens with zero attached hydrogens (tertiary/aromatic N) is 1. The third kappa shape index (κ3) is 6.22. The van der Waals surface area contributed by atoms with E-state index < -0.39 is 5.91 Å². The molecule has 0 saturated carbocycles. The van der Waals surface area contributed by atoms with Crippen LogP contribution in [0.4, 0.5) is 0 Å². The van der Waals surface area contributed by atoms with Gasteiger partial charge < -0.3 is 10.5 Å². The highest BCUT2D eigenvalue weighted by atomic mass is 32.2. The molecule has 0 fully saturated rings. The van der Waals surface area contributed by atoms with Crippen LogP contribution in [0.3, 0.4) is 0 Å². The summed E-state index contributed by atoms with van der Waals surface area (Å²) in [5, 5.41) is 0. The Morgan fingerprint density at radius 2 is 1.77 bits per heavy atom. The number of hydrogen-bond acceptors (Lipinski definition) is 4.